The summed E-state index contributed by atoms with van der Waals surface area (Å²) in [4.78, 5) is 18.8. The number of carbonyl (C=O) groups excluding carboxylic acids is 1. The third-order valence-corrected chi connectivity index (χ3v) is 5.39. The molecule has 0 aliphatic carbocycles. The first-order valence-electron chi connectivity index (χ1n) is 7.19. The predicted octanol–water partition coefficient (Wildman–Crippen LogP) is 5.07. The van der Waals surface area contributed by atoms with Crippen molar-refractivity contribution < 1.29 is 4.79 Å². The first-order valence-corrected chi connectivity index (χ1v) is 9.47. The zero-order valence-electron chi connectivity index (χ0n) is 13.1. The first-order chi connectivity index (χ1) is 11.4. The van der Waals surface area contributed by atoms with Crippen LogP contribution in [0, 0.1) is 3.57 Å². The smallest absolute Gasteiger partial charge is 0.244 e. The molecule has 0 unspecified atom stereocenters. The van der Waals surface area contributed by atoms with Crippen molar-refractivity contribution >= 4 is 67.9 Å². The number of aliphatic imine (C=N–C) groups is 1. The average Bonchev–Trinajstić information content (AvgIpc) is 2.91. The van der Waals surface area contributed by atoms with E-state index in [1.165, 1.54) is 0 Å². The van der Waals surface area contributed by atoms with E-state index in [-0.39, 0.29) is 5.12 Å². The largest absolute Gasteiger partial charge is 0.378 e. The minimum absolute atomic E-state index is 0.0587. The predicted molar refractivity (Wildman–Crippen MR) is 112 cm³/mol. The van der Waals surface area contributed by atoms with Gasteiger partial charge >= 0.3 is 0 Å². The quantitative estimate of drug-likeness (QED) is 0.466. The standard InChI is InChI=1S/C18H14ClIN2OS/c1-22(2)13-6-3-11(4-7-13)9-16-18(23)24-17(21-16)14-10-12(20)5-8-15(14)19/h3-10H,1-2H3/b16-9+. The molecule has 6 heteroatoms. The number of nitrogens with zero attached hydrogens (tertiary/aromatic N) is 2. The molecule has 0 amide bonds. The van der Waals surface area contributed by atoms with Gasteiger partial charge in [0.1, 0.15) is 10.7 Å². The van der Waals surface area contributed by atoms with Gasteiger partial charge in [-0.1, -0.05) is 23.7 Å². The van der Waals surface area contributed by atoms with Crippen molar-refractivity contribution in [1.82, 2.24) is 0 Å². The zero-order valence-corrected chi connectivity index (χ0v) is 16.8. The van der Waals surface area contributed by atoms with Crippen LogP contribution in [0.2, 0.25) is 5.02 Å². The van der Waals surface area contributed by atoms with E-state index in [9.17, 15) is 4.79 Å². The normalized spacial score (nSPS) is 15.8. The summed E-state index contributed by atoms with van der Waals surface area (Å²) in [7, 11) is 3.98. The highest BCUT2D eigenvalue weighted by atomic mass is 127. The van der Waals surface area contributed by atoms with Crippen LogP contribution < -0.4 is 4.90 Å². The van der Waals surface area contributed by atoms with Crippen LogP contribution >= 0.6 is 46.0 Å². The molecular formula is C18H14ClIN2OS. The van der Waals surface area contributed by atoms with Gasteiger partial charge in [-0.3, -0.25) is 4.79 Å². The number of rotatable bonds is 3. The second kappa shape index (κ2) is 7.29. The van der Waals surface area contributed by atoms with E-state index in [0.717, 1.165) is 32.1 Å². The van der Waals surface area contributed by atoms with E-state index in [0.29, 0.717) is 15.8 Å². The molecule has 122 valence electrons. The maximum atomic E-state index is 12.3. The molecule has 1 aliphatic heterocycles. The van der Waals surface area contributed by atoms with E-state index in [1.54, 1.807) is 0 Å². The lowest BCUT2D eigenvalue weighted by Gasteiger charge is -2.11. The van der Waals surface area contributed by atoms with Crippen LogP contribution in [0.3, 0.4) is 0 Å². The summed E-state index contributed by atoms with van der Waals surface area (Å²) >= 11 is 9.59. The van der Waals surface area contributed by atoms with Crippen molar-refractivity contribution in [2.45, 2.75) is 0 Å². The molecule has 0 N–H and O–H groups in total. The minimum atomic E-state index is -0.0587. The average molecular weight is 469 g/mol. The van der Waals surface area contributed by atoms with Crippen molar-refractivity contribution in [3.05, 3.63) is 67.9 Å². The Bertz CT molecular complexity index is 860. The molecule has 2 aromatic carbocycles. The lowest BCUT2D eigenvalue weighted by atomic mass is 10.1. The third-order valence-electron chi connectivity index (χ3n) is 3.49. The van der Waals surface area contributed by atoms with Crippen molar-refractivity contribution in [2.24, 2.45) is 4.99 Å². The van der Waals surface area contributed by atoms with Gasteiger partial charge in [-0.15, -0.1) is 0 Å². The summed E-state index contributed by atoms with van der Waals surface area (Å²) in [5.74, 6) is 0. The number of anilines is 1. The highest BCUT2D eigenvalue weighted by Crippen LogP contribution is 2.32. The fourth-order valence-corrected chi connectivity index (χ4v) is 3.77. The summed E-state index contributed by atoms with van der Waals surface area (Å²) in [5.41, 5.74) is 3.30. The molecule has 3 nitrogen and oxygen atoms in total. The van der Waals surface area contributed by atoms with Gasteiger partial charge in [-0.25, -0.2) is 4.99 Å². The van der Waals surface area contributed by atoms with Gasteiger partial charge in [0.05, 0.1) is 5.02 Å². The van der Waals surface area contributed by atoms with Gasteiger partial charge in [-0.2, -0.15) is 0 Å². The third kappa shape index (κ3) is 3.84. The lowest BCUT2D eigenvalue weighted by Crippen LogP contribution is -2.07. The number of hydrogen-bond acceptors (Lipinski definition) is 4. The van der Waals surface area contributed by atoms with Crippen LogP contribution in [-0.2, 0) is 4.79 Å². The van der Waals surface area contributed by atoms with Crippen LogP contribution in [0.4, 0.5) is 5.69 Å². The summed E-state index contributed by atoms with van der Waals surface area (Å²) in [6.45, 7) is 0. The maximum Gasteiger partial charge on any atom is 0.244 e. The van der Waals surface area contributed by atoms with E-state index in [1.807, 2.05) is 67.5 Å². The number of thioether (sulfide) groups is 1. The first kappa shape index (κ1) is 17.5. The molecule has 1 heterocycles. The second-order valence-corrected chi connectivity index (χ2v) is 8.06. The number of hydrogen-bond donors (Lipinski definition) is 0. The molecule has 0 saturated carbocycles. The summed E-state index contributed by atoms with van der Waals surface area (Å²) in [5, 5.41) is 1.20. The Kier molecular flexibility index (Phi) is 5.32. The minimum Gasteiger partial charge on any atom is -0.378 e. The molecule has 0 radical (unpaired) electrons. The summed E-state index contributed by atoms with van der Waals surface area (Å²) in [6.07, 6.45) is 1.81. The highest BCUT2D eigenvalue weighted by Gasteiger charge is 2.24. The van der Waals surface area contributed by atoms with Crippen LogP contribution in [0.15, 0.2) is 53.2 Å². The molecule has 0 fully saturated rings. The molecule has 3 rings (SSSR count). The van der Waals surface area contributed by atoms with Crippen LogP contribution in [-0.4, -0.2) is 24.3 Å². The molecule has 0 saturated heterocycles. The van der Waals surface area contributed by atoms with Gasteiger partial charge < -0.3 is 4.90 Å². The topological polar surface area (TPSA) is 32.7 Å². The number of benzene rings is 2. The highest BCUT2D eigenvalue weighted by molar-refractivity contribution is 14.1. The zero-order chi connectivity index (χ0) is 17.3. The molecular weight excluding hydrogens is 455 g/mol. The summed E-state index contributed by atoms with van der Waals surface area (Å²) < 4.78 is 1.06. The Hall–Kier alpha value is -1.31. The second-order valence-electron chi connectivity index (χ2n) is 5.45. The Morgan fingerprint density at radius 2 is 1.88 bits per heavy atom. The van der Waals surface area contributed by atoms with Gasteiger partial charge in [-0.05, 0) is 76.3 Å². The van der Waals surface area contributed by atoms with Crippen LogP contribution in [0.25, 0.3) is 6.08 Å². The Morgan fingerprint density at radius 3 is 2.54 bits per heavy atom. The van der Waals surface area contributed by atoms with Gasteiger partial charge in [0.15, 0.2) is 0 Å². The van der Waals surface area contributed by atoms with Crippen LogP contribution in [0.5, 0.6) is 0 Å². The Balaban J connectivity index is 1.92. The molecule has 1 aliphatic rings. The number of carbonyl (C=O) groups is 1. The fourth-order valence-electron chi connectivity index (χ4n) is 2.21. The van der Waals surface area contributed by atoms with Gasteiger partial charge in [0.2, 0.25) is 5.12 Å². The van der Waals surface area contributed by atoms with Crippen molar-refractivity contribution in [1.29, 1.82) is 0 Å². The van der Waals surface area contributed by atoms with Gasteiger partial charge in [0.25, 0.3) is 0 Å². The van der Waals surface area contributed by atoms with Crippen molar-refractivity contribution in [3.8, 4) is 0 Å². The lowest BCUT2D eigenvalue weighted by molar-refractivity contribution is -0.107. The fraction of sp³-hybridized carbons (Fsp3) is 0.111. The SMILES string of the molecule is CN(C)c1ccc(/C=C2/N=C(c3cc(I)ccc3Cl)SC2=O)cc1. The molecule has 0 aromatic heterocycles. The Labute approximate surface area is 163 Å². The van der Waals surface area contributed by atoms with Crippen LogP contribution in [0.1, 0.15) is 11.1 Å². The molecule has 0 spiro atoms. The molecule has 24 heavy (non-hydrogen) atoms. The van der Waals surface area contributed by atoms with E-state index >= 15 is 0 Å². The maximum absolute atomic E-state index is 12.3. The molecule has 0 bridgehead atoms. The van der Waals surface area contributed by atoms with Crippen molar-refractivity contribution in [2.75, 3.05) is 19.0 Å². The Morgan fingerprint density at radius 1 is 1.17 bits per heavy atom. The number of halogens is 2. The van der Waals surface area contributed by atoms with E-state index < -0.39 is 0 Å². The van der Waals surface area contributed by atoms with Crippen molar-refractivity contribution in [3.63, 3.8) is 0 Å². The molecule has 2 aromatic rings. The summed E-state index contributed by atoms with van der Waals surface area (Å²) in [6, 6.07) is 13.7. The monoisotopic (exact) mass is 468 g/mol. The van der Waals surface area contributed by atoms with Gasteiger partial charge in [0, 0.05) is 28.9 Å². The van der Waals surface area contributed by atoms with E-state index in [2.05, 4.69) is 27.6 Å². The molecule has 0 atom stereocenters. The van der Waals surface area contributed by atoms with E-state index in [4.69, 9.17) is 11.6 Å².